The minimum Gasteiger partial charge on any atom is -0.496 e. The molecular formula is C20H25NO4S. The molecule has 0 aromatic heterocycles. The first-order chi connectivity index (χ1) is 12.3. The number of hydrogen-bond acceptors (Lipinski definition) is 4. The van der Waals surface area contributed by atoms with Gasteiger partial charge in [0.15, 0.2) is 0 Å². The lowest BCUT2D eigenvalue weighted by molar-refractivity contribution is 0.363. The van der Waals surface area contributed by atoms with Crippen molar-refractivity contribution in [3.63, 3.8) is 0 Å². The van der Waals surface area contributed by atoms with Crippen molar-refractivity contribution in [3.8, 4) is 11.5 Å². The van der Waals surface area contributed by atoms with Crippen LogP contribution in [0.25, 0.3) is 0 Å². The highest BCUT2D eigenvalue weighted by atomic mass is 32.2. The molecule has 140 valence electrons. The molecule has 0 saturated heterocycles. The summed E-state index contributed by atoms with van der Waals surface area (Å²) in [5, 5.41) is 0. The van der Waals surface area contributed by atoms with E-state index >= 15 is 0 Å². The van der Waals surface area contributed by atoms with Gasteiger partial charge in [0.05, 0.1) is 17.7 Å². The minimum atomic E-state index is -3.74. The van der Waals surface area contributed by atoms with Crippen molar-refractivity contribution in [2.75, 3.05) is 18.4 Å². The summed E-state index contributed by atoms with van der Waals surface area (Å²) in [6.45, 7) is 9.70. The Hall–Kier alpha value is -2.47. The summed E-state index contributed by atoms with van der Waals surface area (Å²) in [6, 6.07) is 10.3. The molecule has 0 fully saturated rings. The highest BCUT2D eigenvalue weighted by molar-refractivity contribution is 7.92. The number of sulfonamides is 1. The smallest absolute Gasteiger partial charge is 0.262 e. The van der Waals surface area contributed by atoms with Gasteiger partial charge in [0.2, 0.25) is 0 Å². The summed E-state index contributed by atoms with van der Waals surface area (Å²) in [4.78, 5) is 0.236. The zero-order valence-electron chi connectivity index (χ0n) is 15.6. The second-order valence-corrected chi connectivity index (χ2v) is 7.90. The van der Waals surface area contributed by atoms with Gasteiger partial charge in [-0.1, -0.05) is 32.6 Å². The third-order valence-electron chi connectivity index (χ3n) is 3.89. The Balaban J connectivity index is 2.39. The summed E-state index contributed by atoms with van der Waals surface area (Å²) in [7, 11) is -2.16. The first-order valence-electron chi connectivity index (χ1n) is 8.33. The van der Waals surface area contributed by atoms with Crippen LogP contribution < -0.4 is 14.2 Å². The summed E-state index contributed by atoms with van der Waals surface area (Å²) in [5.74, 6) is 1.39. The average Bonchev–Trinajstić information content (AvgIpc) is 2.59. The van der Waals surface area contributed by atoms with Gasteiger partial charge >= 0.3 is 0 Å². The predicted molar refractivity (Wildman–Crippen MR) is 105 cm³/mol. The maximum atomic E-state index is 12.9. The van der Waals surface area contributed by atoms with E-state index in [1.165, 1.54) is 0 Å². The van der Waals surface area contributed by atoms with E-state index in [2.05, 4.69) is 11.3 Å². The summed E-state index contributed by atoms with van der Waals surface area (Å²) < 4.78 is 39.3. The lowest BCUT2D eigenvalue weighted by Gasteiger charge is -2.17. The lowest BCUT2D eigenvalue weighted by atomic mass is 10.0. The number of aryl methyl sites for hydroxylation is 1. The number of hydrogen-bond donors (Lipinski definition) is 1. The molecule has 0 saturated carbocycles. The molecule has 0 spiro atoms. The van der Waals surface area contributed by atoms with E-state index in [-0.39, 0.29) is 10.8 Å². The fraction of sp³-hybridized carbons (Fsp3) is 0.300. The van der Waals surface area contributed by atoms with Crippen LogP contribution in [0.1, 0.15) is 30.9 Å². The molecule has 0 unspecified atom stereocenters. The molecule has 2 aromatic carbocycles. The highest BCUT2D eigenvalue weighted by Crippen LogP contribution is 2.32. The van der Waals surface area contributed by atoms with Crippen molar-refractivity contribution in [3.05, 3.63) is 60.2 Å². The molecule has 0 aliphatic heterocycles. The lowest BCUT2D eigenvalue weighted by Crippen LogP contribution is -2.15. The number of benzene rings is 2. The second kappa shape index (κ2) is 8.27. The fourth-order valence-electron chi connectivity index (χ4n) is 2.61. The second-order valence-electron chi connectivity index (χ2n) is 6.25. The zero-order valence-corrected chi connectivity index (χ0v) is 16.4. The monoisotopic (exact) mass is 375 g/mol. The quantitative estimate of drug-likeness (QED) is 0.690. The highest BCUT2D eigenvalue weighted by Gasteiger charge is 2.21. The number of nitrogens with one attached hydrogen (secondary N) is 1. The maximum Gasteiger partial charge on any atom is 0.262 e. The van der Waals surface area contributed by atoms with Crippen LogP contribution in [0.15, 0.2) is 53.9 Å². The van der Waals surface area contributed by atoms with Crippen molar-refractivity contribution in [1.29, 1.82) is 0 Å². The molecule has 2 rings (SSSR count). The molecule has 0 aliphatic rings. The molecule has 0 radical (unpaired) electrons. The van der Waals surface area contributed by atoms with Gasteiger partial charge in [0.25, 0.3) is 10.0 Å². The van der Waals surface area contributed by atoms with Gasteiger partial charge in [-0.2, -0.15) is 0 Å². The van der Waals surface area contributed by atoms with Crippen molar-refractivity contribution in [2.24, 2.45) is 0 Å². The largest absolute Gasteiger partial charge is 0.496 e. The first-order valence-corrected chi connectivity index (χ1v) is 9.82. The number of anilines is 1. The summed E-state index contributed by atoms with van der Waals surface area (Å²) in [5.41, 5.74) is 1.91. The first kappa shape index (κ1) is 19.8. The van der Waals surface area contributed by atoms with Gasteiger partial charge in [-0.15, -0.1) is 0 Å². The Kier molecular flexibility index (Phi) is 6.32. The van der Waals surface area contributed by atoms with E-state index in [0.29, 0.717) is 29.4 Å². The van der Waals surface area contributed by atoms with Gasteiger partial charge in [-0.3, -0.25) is 4.72 Å². The Morgan fingerprint density at radius 3 is 2.58 bits per heavy atom. The fourth-order valence-corrected chi connectivity index (χ4v) is 3.92. The molecule has 6 heteroatoms. The van der Waals surface area contributed by atoms with Crippen molar-refractivity contribution < 1.29 is 17.9 Å². The maximum absolute atomic E-state index is 12.9. The van der Waals surface area contributed by atoms with Crippen LogP contribution in [-0.4, -0.2) is 22.1 Å². The van der Waals surface area contributed by atoms with Crippen LogP contribution in [0, 0.1) is 6.92 Å². The number of methoxy groups -OCH3 is 1. The average molecular weight is 375 g/mol. The van der Waals surface area contributed by atoms with Crippen molar-refractivity contribution in [1.82, 2.24) is 0 Å². The van der Waals surface area contributed by atoms with Crippen LogP contribution >= 0.6 is 0 Å². The van der Waals surface area contributed by atoms with E-state index in [1.54, 1.807) is 56.5 Å². The van der Waals surface area contributed by atoms with Gasteiger partial charge in [-0.05, 0) is 48.2 Å². The molecular weight excluding hydrogens is 350 g/mol. The molecule has 1 N–H and O–H groups in total. The SMILES string of the molecule is C=CCOc1cccc(NS(=O)(=O)c2cc(C(C)C)c(OC)cc2C)c1. The Bertz CT molecular complexity index is 889. The van der Waals surface area contributed by atoms with E-state index in [1.807, 2.05) is 13.8 Å². The molecule has 0 heterocycles. The molecule has 0 amide bonds. The Morgan fingerprint density at radius 1 is 1.23 bits per heavy atom. The molecule has 26 heavy (non-hydrogen) atoms. The molecule has 0 aliphatic carbocycles. The van der Waals surface area contributed by atoms with Crippen molar-refractivity contribution >= 4 is 15.7 Å². The van der Waals surface area contributed by atoms with Crippen LogP contribution in [0.5, 0.6) is 11.5 Å². The molecule has 0 bridgehead atoms. The third-order valence-corrected chi connectivity index (χ3v) is 5.42. The standard InChI is InChI=1S/C20H25NO4S/c1-6-10-25-17-9-7-8-16(12-17)21-26(22,23)20-13-18(14(2)3)19(24-5)11-15(20)4/h6-9,11-14,21H,1,10H2,2-5H3. The normalized spacial score (nSPS) is 11.3. The summed E-state index contributed by atoms with van der Waals surface area (Å²) in [6.07, 6.45) is 1.63. The predicted octanol–water partition coefficient (Wildman–Crippen LogP) is 4.49. The van der Waals surface area contributed by atoms with Crippen LogP contribution in [0.2, 0.25) is 0 Å². The van der Waals surface area contributed by atoms with E-state index in [0.717, 1.165) is 5.56 Å². The van der Waals surface area contributed by atoms with Gasteiger partial charge in [0.1, 0.15) is 18.1 Å². The van der Waals surface area contributed by atoms with Crippen LogP contribution in [0.4, 0.5) is 5.69 Å². The zero-order chi connectivity index (χ0) is 19.3. The third kappa shape index (κ3) is 4.58. The minimum absolute atomic E-state index is 0.134. The van der Waals surface area contributed by atoms with Crippen molar-refractivity contribution in [2.45, 2.75) is 31.6 Å². The van der Waals surface area contributed by atoms with Gasteiger partial charge < -0.3 is 9.47 Å². The Morgan fingerprint density at radius 2 is 1.96 bits per heavy atom. The Labute approximate surface area is 155 Å². The summed E-state index contributed by atoms with van der Waals surface area (Å²) >= 11 is 0. The molecule has 5 nitrogen and oxygen atoms in total. The topological polar surface area (TPSA) is 64.6 Å². The molecule has 2 aromatic rings. The van der Waals surface area contributed by atoms with Gasteiger partial charge in [0, 0.05) is 6.07 Å². The van der Waals surface area contributed by atoms with E-state index < -0.39 is 10.0 Å². The van der Waals surface area contributed by atoms with E-state index in [4.69, 9.17) is 9.47 Å². The number of ether oxygens (including phenoxy) is 2. The van der Waals surface area contributed by atoms with Crippen LogP contribution in [0.3, 0.4) is 0 Å². The van der Waals surface area contributed by atoms with E-state index in [9.17, 15) is 8.42 Å². The number of rotatable bonds is 8. The van der Waals surface area contributed by atoms with Crippen LogP contribution in [-0.2, 0) is 10.0 Å². The van der Waals surface area contributed by atoms with Gasteiger partial charge in [-0.25, -0.2) is 8.42 Å². The molecule has 0 atom stereocenters.